The van der Waals surface area contributed by atoms with E-state index in [0.29, 0.717) is 11.6 Å². The summed E-state index contributed by atoms with van der Waals surface area (Å²) in [6.07, 6.45) is 7.39. The zero-order valence-electron chi connectivity index (χ0n) is 23.4. The van der Waals surface area contributed by atoms with Crippen LogP contribution in [0.1, 0.15) is 23.6 Å². The molecule has 4 rings (SSSR count). The number of halogens is 4. The van der Waals surface area contributed by atoms with Crippen LogP contribution in [0.15, 0.2) is 67.3 Å². The number of hydrogen-bond acceptors (Lipinski definition) is 9. The lowest BCUT2D eigenvalue weighted by Gasteiger charge is -2.40. The van der Waals surface area contributed by atoms with Crippen molar-refractivity contribution in [2.45, 2.75) is 35.9 Å². The summed E-state index contributed by atoms with van der Waals surface area (Å²) in [7, 11) is 0. The summed E-state index contributed by atoms with van der Waals surface area (Å²) >= 11 is 6.98. The molecule has 232 valence electrons. The molecule has 0 saturated carbocycles. The molecule has 0 N–H and O–H groups in total. The predicted octanol–water partition coefficient (Wildman–Crippen LogP) is 5.99. The van der Waals surface area contributed by atoms with Gasteiger partial charge in [-0.25, -0.2) is 27.6 Å². The standard InChI is InChI=1S/C30H28ClF3N4O5S/c1-20(44-24-15-41-28(42-16-24)5-3-2-4-22-7-6-21(14-35)12-26(22)33)30(17-38-19-36-18-37-38,43-29(39)40-11-10-31)25-9-8-23(32)13-27(25)34/h2-9,12-13,18-20,24,28H,10-11,15-17H2,1H3/b4-2+,5-3+/t20-,24?,28?,30-/m1/s1. The van der Waals surface area contributed by atoms with E-state index >= 15 is 4.39 Å². The lowest BCUT2D eigenvalue weighted by atomic mass is 9.89. The second-order valence-electron chi connectivity index (χ2n) is 9.52. The summed E-state index contributed by atoms with van der Waals surface area (Å²) in [5.41, 5.74) is -1.24. The van der Waals surface area contributed by atoms with Crippen LogP contribution in [0.2, 0.25) is 0 Å². The van der Waals surface area contributed by atoms with Crippen LogP contribution in [0, 0.1) is 28.8 Å². The molecule has 14 heteroatoms. The maximum atomic E-state index is 15.3. The number of thioether (sulfide) groups is 1. The minimum Gasteiger partial charge on any atom is -0.433 e. The maximum absolute atomic E-state index is 15.3. The number of carbonyl (C=O) groups is 1. The first-order chi connectivity index (χ1) is 21.2. The van der Waals surface area contributed by atoms with E-state index in [-0.39, 0.29) is 48.6 Å². The van der Waals surface area contributed by atoms with Gasteiger partial charge in [0.1, 0.15) is 36.7 Å². The van der Waals surface area contributed by atoms with Gasteiger partial charge in [-0.1, -0.05) is 24.3 Å². The Morgan fingerprint density at radius 2 is 2.02 bits per heavy atom. The lowest BCUT2D eigenvalue weighted by Crippen LogP contribution is -2.47. The van der Waals surface area contributed by atoms with Crippen molar-refractivity contribution in [3.05, 3.63) is 101 Å². The molecular weight excluding hydrogens is 621 g/mol. The fraction of sp³-hybridized carbons (Fsp3) is 0.333. The van der Waals surface area contributed by atoms with Crippen LogP contribution in [-0.4, -0.2) is 63.4 Å². The molecule has 0 amide bonds. The minimum atomic E-state index is -1.72. The van der Waals surface area contributed by atoms with Gasteiger partial charge in [0.2, 0.25) is 0 Å². The fourth-order valence-electron chi connectivity index (χ4n) is 4.43. The van der Waals surface area contributed by atoms with E-state index in [1.807, 2.05) is 6.07 Å². The van der Waals surface area contributed by atoms with Crippen molar-refractivity contribution < 1.29 is 36.9 Å². The van der Waals surface area contributed by atoms with Gasteiger partial charge in [0.25, 0.3) is 0 Å². The first-order valence-corrected chi connectivity index (χ1v) is 14.8. The average molecular weight is 649 g/mol. The maximum Gasteiger partial charge on any atom is 0.509 e. The fourth-order valence-corrected chi connectivity index (χ4v) is 5.86. The van der Waals surface area contributed by atoms with E-state index < -0.39 is 40.7 Å². The van der Waals surface area contributed by atoms with E-state index in [1.54, 1.807) is 31.2 Å². The van der Waals surface area contributed by atoms with Crippen LogP contribution < -0.4 is 0 Å². The topological polar surface area (TPSA) is 108 Å². The largest absolute Gasteiger partial charge is 0.509 e. The molecule has 0 radical (unpaired) electrons. The second kappa shape index (κ2) is 15.8. The molecule has 0 unspecified atom stereocenters. The lowest BCUT2D eigenvalue weighted by molar-refractivity contribution is -0.146. The van der Waals surface area contributed by atoms with Crippen LogP contribution >= 0.6 is 23.4 Å². The van der Waals surface area contributed by atoms with Crippen LogP contribution in [-0.2, 0) is 31.1 Å². The highest BCUT2D eigenvalue weighted by Gasteiger charge is 2.47. The van der Waals surface area contributed by atoms with Crippen LogP contribution in [0.4, 0.5) is 18.0 Å². The Labute approximate surface area is 261 Å². The van der Waals surface area contributed by atoms with Gasteiger partial charge in [-0.15, -0.1) is 23.4 Å². The molecular formula is C30H28ClF3N4O5S. The third-order valence-electron chi connectivity index (χ3n) is 6.54. The van der Waals surface area contributed by atoms with Crippen molar-refractivity contribution in [3.8, 4) is 6.07 Å². The Kier molecular flexibility index (Phi) is 11.8. The van der Waals surface area contributed by atoms with Crippen molar-refractivity contribution in [2.75, 3.05) is 25.7 Å². The van der Waals surface area contributed by atoms with Gasteiger partial charge >= 0.3 is 6.16 Å². The molecule has 2 heterocycles. The number of rotatable bonds is 12. The minimum absolute atomic E-state index is 0.0227. The summed E-state index contributed by atoms with van der Waals surface area (Å²) in [5, 5.41) is 12.0. The summed E-state index contributed by atoms with van der Waals surface area (Å²) in [6.45, 7) is 1.91. The number of alkyl halides is 1. The number of nitrogens with zero attached hydrogens (tertiary/aromatic N) is 4. The number of ether oxygens (including phenoxy) is 4. The van der Waals surface area contributed by atoms with Crippen LogP contribution in [0.3, 0.4) is 0 Å². The third-order valence-corrected chi connectivity index (χ3v) is 8.14. The van der Waals surface area contributed by atoms with E-state index in [4.69, 9.17) is 35.8 Å². The quantitative estimate of drug-likeness (QED) is 0.133. The normalized spacial score (nSPS) is 19.0. The van der Waals surface area contributed by atoms with Gasteiger partial charge in [0.05, 0.1) is 42.5 Å². The first-order valence-electron chi connectivity index (χ1n) is 13.4. The number of allylic oxidation sites excluding steroid dienone is 2. The SMILES string of the molecule is C[C@@H](SC1COC(/C=C/C=C/c2ccc(C#N)cc2F)OC1)[C@@](Cn1cncn1)(OC(=O)OCCCl)c1ccc(F)cc1F. The second-order valence-corrected chi connectivity index (χ2v) is 11.5. The van der Waals surface area contributed by atoms with E-state index in [2.05, 4.69) is 10.1 Å². The zero-order chi connectivity index (χ0) is 31.5. The zero-order valence-corrected chi connectivity index (χ0v) is 25.0. The molecule has 2 aromatic carbocycles. The molecule has 0 bridgehead atoms. The van der Waals surface area contributed by atoms with Crippen molar-refractivity contribution in [1.82, 2.24) is 14.8 Å². The number of benzene rings is 2. The molecule has 0 spiro atoms. The van der Waals surface area contributed by atoms with E-state index in [9.17, 15) is 13.6 Å². The highest BCUT2D eigenvalue weighted by molar-refractivity contribution is 8.00. The summed E-state index contributed by atoms with van der Waals surface area (Å²) in [5.74, 6) is -2.20. The van der Waals surface area contributed by atoms with Crippen molar-refractivity contribution in [1.29, 1.82) is 5.26 Å². The monoisotopic (exact) mass is 648 g/mol. The number of carbonyl (C=O) groups excluding carboxylic acids is 1. The van der Waals surface area contributed by atoms with Crippen molar-refractivity contribution >= 4 is 35.6 Å². The van der Waals surface area contributed by atoms with Crippen LogP contribution in [0.5, 0.6) is 0 Å². The van der Waals surface area contributed by atoms with E-state index in [1.165, 1.54) is 47.3 Å². The van der Waals surface area contributed by atoms with Gasteiger partial charge < -0.3 is 18.9 Å². The number of hydrogen-bond donors (Lipinski definition) is 0. The molecule has 44 heavy (non-hydrogen) atoms. The van der Waals surface area contributed by atoms with Gasteiger partial charge in [-0.2, -0.15) is 10.4 Å². The number of aromatic nitrogens is 3. The summed E-state index contributed by atoms with van der Waals surface area (Å²) < 4.78 is 67.2. The Balaban J connectivity index is 1.47. The highest BCUT2D eigenvalue weighted by Crippen LogP contribution is 2.42. The molecule has 1 aliphatic heterocycles. The van der Waals surface area contributed by atoms with Crippen LogP contribution in [0.25, 0.3) is 6.08 Å². The molecule has 1 fully saturated rings. The van der Waals surface area contributed by atoms with Gasteiger partial charge in [0.15, 0.2) is 11.9 Å². The molecule has 3 aromatic rings. The van der Waals surface area contributed by atoms with Gasteiger partial charge in [-0.05, 0) is 37.3 Å². The first kappa shape index (κ1) is 33.1. The van der Waals surface area contributed by atoms with Crippen molar-refractivity contribution in [2.24, 2.45) is 0 Å². The van der Waals surface area contributed by atoms with Crippen molar-refractivity contribution in [3.63, 3.8) is 0 Å². The third kappa shape index (κ3) is 8.63. The smallest absolute Gasteiger partial charge is 0.433 e. The number of nitriles is 1. The Bertz CT molecular complexity index is 1510. The molecule has 0 aliphatic carbocycles. The summed E-state index contributed by atoms with van der Waals surface area (Å²) in [6, 6.07) is 9.09. The highest BCUT2D eigenvalue weighted by atomic mass is 35.5. The molecule has 2 atom stereocenters. The molecule has 1 aromatic heterocycles. The molecule has 1 aliphatic rings. The van der Waals surface area contributed by atoms with Gasteiger partial charge in [-0.3, -0.25) is 0 Å². The Hall–Kier alpha value is -3.83. The summed E-state index contributed by atoms with van der Waals surface area (Å²) in [4.78, 5) is 16.7. The Morgan fingerprint density at radius 1 is 1.23 bits per heavy atom. The molecule has 1 saturated heterocycles. The van der Waals surface area contributed by atoms with Gasteiger partial charge in [0, 0.05) is 22.4 Å². The molecule has 9 nitrogen and oxygen atoms in total. The predicted molar refractivity (Wildman–Crippen MR) is 157 cm³/mol. The average Bonchev–Trinajstić information content (AvgIpc) is 3.52. The van der Waals surface area contributed by atoms with E-state index in [0.717, 1.165) is 12.1 Å². The Morgan fingerprint density at radius 3 is 2.68 bits per heavy atom.